The van der Waals surface area contributed by atoms with Gasteiger partial charge in [-0.1, -0.05) is 6.07 Å². The Morgan fingerprint density at radius 2 is 2.27 bits per heavy atom. The van der Waals surface area contributed by atoms with Crippen molar-refractivity contribution < 1.29 is 9.53 Å². The highest BCUT2D eigenvalue weighted by Crippen LogP contribution is 2.19. The Labute approximate surface area is 94.2 Å². The topological polar surface area (TPSA) is 38.3 Å². The van der Waals surface area contributed by atoms with Crippen LogP contribution < -0.4 is 5.32 Å². The highest BCUT2D eigenvalue weighted by atomic mass is 32.2. The van der Waals surface area contributed by atoms with E-state index < -0.39 is 6.10 Å². The molecule has 1 rings (SSSR count). The third kappa shape index (κ3) is 3.57. The fraction of sp³-hybridized carbons (Fsp3) is 0.364. The van der Waals surface area contributed by atoms with Crippen LogP contribution >= 0.6 is 11.8 Å². The molecule has 1 aromatic rings. The lowest BCUT2D eigenvalue weighted by Gasteiger charge is -2.10. The molecule has 1 atom stereocenters. The third-order valence-corrected chi connectivity index (χ3v) is 2.79. The van der Waals surface area contributed by atoms with Gasteiger partial charge in [-0.05, 0) is 31.4 Å². The second kappa shape index (κ2) is 5.78. The Kier molecular flexibility index (Phi) is 4.65. The van der Waals surface area contributed by atoms with Gasteiger partial charge in [-0.25, -0.2) is 0 Å². The van der Waals surface area contributed by atoms with Crippen LogP contribution in [-0.4, -0.2) is 25.4 Å². The molecule has 82 valence electrons. The first kappa shape index (κ1) is 12.1. The van der Waals surface area contributed by atoms with Crippen LogP contribution in [0.25, 0.3) is 0 Å². The van der Waals surface area contributed by atoms with Gasteiger partial charge < -0.3 is 10.1 Å². The maximum absolute atomic E-state index is 11.5. The van der Waals surface area contributed by atoms with E-state index in [4.69, 9.17) is 4.74 Å². The molecule has 1 N–H and O–H groups in total. The van der Waals surface area contributed by atoms with E-state index in [1.54, 1.807) is 18.7 Å². The van der Waals surface area contributed by atoms with E-state index in [9.17, 15) is 4.79 Å². The summed E-state index contributed by atoms with van der Waals surface area (Å²) >= 11 is 1.64. The van der Waals surface area contributed by atoms with Crippen molar-refractivity contribution in [3.8, 4) is 0 Å². The monoisotopic (exact) mass is 225 g/mol. The Morgan fingerprint density at radius 1 is 1.53 bits per heavy atom. The molecule has 0 fully saturated rings. The van der Waals surface area contributed by atoms with Gasteiger partial charge in [0.2, 0.25) is 0 Å². The lowest BCUT2D eigenvalue weighted by molar-refractivity contribution is -0.124. The van der Waals surface area contributed by atoms with Crippen molar-refractivity contribution in [3.05, 3.63) is 24.3 Å². The van der Waals surface area contributed by atoms with Gasteiger partial charge >= 0.3 is 0 Å². The van der Waals surface area contributed by atoms with E-state index in [1.165, 1.54) is 7.11 Å². The van der Waals surface area contributed by atoms with E-state index in [2.05, 4.69) is 5.32 Å². The SMILES string of the molecule is COC(C)C(=O)Nc1cccc(SC)c1. The molecule has 0 aliphatic heterocycles. The van der Waals surface area contributed by atoms with E-state index in [0.717, 1.165) is 10.6 Å². The molecule has 0 bridgehead atoms. The second-order valence-corrected chi connectivity index (χ2v) is 3.98. The summed E-state index contributed by atoms with van der Waals surface area (Å²) in [7, 11) is 1.52. The van der Waals surface area contributed by atoms with Crippen LogP contribution in [0.5, 0.6) is 0 Å². The maximum atomic E-state index is 11.5. The number of anilines is 1. The van der Waals surface area contributed by atoms with Gasteiger partial charge in [-0.3, -0.25) is 4.79 Å². The number of benzene rings is 1. The standard InChI is InChI=1S/C11H15NO2S/c1-8(14-2)11(13)12-9-5-4-6-10(7-9)15-3/h4-8H,1-3H3,(H,12,13). The molecular formula is C11H15NO2S. The summed E-state index contributed by atoms with van der Waals surface area (Å²) in [5.74, 6) is -0.129. The van der Waals surface area contributed by atoms with E-state index in [0.29, 0.717) is 0 Å². The fourth-order valence-corrected chi connectivity index (χ4v) is 1.51. The molecule has 1 amide bonds. The molecule has 0 heterocycles. The average Bonchev–Trinajstić information content (AvgIpc) is 2.28. The Bertz CT molecular complexity index is 341. The number of nitrogens with one attached hydrogen (secondary N) is 1. The van der Waals surface area contributed by atoms with Crippen LogP contribution in [-0.2, 0) is 9.53 Å². The Balaban J connectivity index is 2.68. The number of rotatable bonds is 4. The number of thioether (sulfide) groups is 1. The van der Waals surface area contributed by atoms with Crippen molar-refractivity contribution in [3.63, 3.8) is 0 Å². The van der Waals surface area contributed by atoms with Gasteiger partial charge in [-0.15, -0.1) is 11.8 Å². The van der Waals surface area contributed by atoms with Gasteiger partial charge in [0, 0.05) is 17.7 Å². The van der Waals surface area contributed by atoms with Gasteiger partial charge in [0.1, 0.15) is 6.10 Å². The third-order valence-electron chi connectivity index (χ3n) is 2.06. The largest absolute Gasteiger partial charge is 0.372 e. The maximum Gasteiger partial charge on any atom is 0.253 e. The van der Waals surface area contributed by atoms with Crippen molar-refractivity contribution in [2.75, 3.05) is 18.7 Å². The number of methoxy groups -OCH3 is 1. The fourth-order valence-electron chi connectivity index (χ4n) is 1.05. The van der Waals surface area contributed by atoms with Crippen LogP contribution in [0.4, 0.5) is 5.69 Å². The zero-order valence-electron chi connectivity index (χ0n) is 9.11. The van der Waals surface area contributed by atoms with Crippen LogP contribution in [0, 0.1) is 0 Å². The first-order valence-corrected chi connectivity index (χ1v) is 5.87. The minimum absolute atomic E-state index is 0.129. The molecule has 0 aliphatic carbocycles. The number of amides is 1. The van der Waals surface area contributed by atoms with Crippen molar-refractivity contribution in [2.24, 2.45) is 0 Å². The first-order valence-electron chi connectivity index (χ1n) is 4.65. The minimum atomic E-state index is -0.428. The Morgan fingerprint density at radius 3 is 2.87 bits per heavy atom. The van der Waals surface area contributed by atoms with Gasteiger partial charge in [0.15, 0.2) is 0 Å². The number of ether oxygens (including phenoxy) is 1. The molecule has 0 spiro atoms. The summed E-state index contributed by atoms with van der Waals surface area (Å²) in [6.07, 6.45) is 1.57. The van der Waals surface area contributed by atoms with Crippen LogP contribution in [0.3, 0.4) is 0 Å². The van der Waals surface area contributed by atoms with Crippen molar-refractivity contribution in [2.45, 2.75) is 17.9 Å². The average molecular weight is 225 g/mol. The molecule has 3 nitrogen and oxygen atoms in total. The summed E-state index contributed by atoms with van der Waals surface area (Å²) in [6.45, 7) is 1.72. The predicted octanol–water partition coefficient (Wildman–Crippen LogP) is 2.38. The Hall–Kier alpha value is -1.00. The molecular weight excluding hydrogens is 210 g/mol. The summed E-state index contributed by atoms with van der Waals surface area (Å²) < 4.78 is 4.92. The molecule has 0 saturated carbocycles. The molecule has 0 aromatic heterocycles. The summed E-state index contributed by atoms with van der Waals surface area (Å²) in [5, 5.41) is 2.79. The lowest BCUT2D eigenvalue weighted by Crippen LogP contribution is -2.26. The quantitative estimate of drug-likeness (QED) is 0.800. The summed E-state index contributed by atoms with van der Waals surface area (Å²) in [5.41, 5.74) is 0.802. The zero-order chi connectivity index (χ0) is 11.3. The normalized spacial score (nSPS) is 12.2. The van der Waals surface area contributed by atoms with Gasteiger partial charge in [0.05, 0.1) is 0 Å². The number of carbonyl (C=O) groups is 1. The van der Waals surface area contributed by atoms with Crippen molar-refractivity contribution in [1.29, 1.82) is 0 Å². The number of carbonyl (C=O) groups excluding carboxylic acids is 1. The summed E-state index contributed by atoms with van der Waals surface area (Å²) in [6, 6.07) is 7.71. The van der Waals surface area contributed by atoms with Crippen molar-refractivity contribution >= 4 is 23.4 Å². The minimum Gasteiger partial charge on any atom is -0.372 e. The number of hydrogen-bond acceptors (Lipinski definition) is 3. The molecule has 1 unspecified atom stereocenters. The van der Waals surface area contributed by atoms with E-state index in [-0.39, 0.29) is 5.91 Å². The van der Waals surface area contributed by atoms with E-state index in [1.807, 2.05) is 30.5 Å². The van der Waals surface area contributed by atoms with Crippen LogP contribution in [0.1, 0.15) is 6.92 Å². The van der Waals surface area contributed by atoms with Gasteiger partial charge in [0.25, 0.3) is 5.91 Å². The molecule has 4 heteroatoms. The van der Waals surface area contributed by atoms with Crippen LogP contribution in [0.15, 0.2) is 29.2 Å². The highest BCUT2D eigenvalue weighted by Gasteiger charge is 2.11. The highest BCUT2D eigenvalue weighted by molar-refractivity contribution is 7.98. The zero-order valence-corrected chi connectivity index (χ0v) is 9.93. The number of hydrogen-bond donors (Lipinski definition) is 1. The first-order chi connectivity index (χ1) is 7.17. The lowest BCUT2D eigenvalue weighted by atomic mass is 10.3. The smallest absolute Gasteiger partial charge is 0.253 e. The molecule has 15 heavy (non-hydrogen) atoms. The predicted molar refractivity (Wildman–Crippen MR) is 63.3 cm³/mol. The molecule has 0 saturated heterocycles. The molecule has 0 radical (unpaired) electrons. The van der Waals surface area contributed by atoms with Crippen molar-refractivity contribution in [1.82, 2.24) is 0 Å². The second-order valence-electron chi connectivity index (χ2n) is 3.10. The van der Waals surface area contributed by atoms with Gasteiger partial charge in [-0.2, -0.15) is 0 Å². The molecule has 1 aromatic carbocycles. The molecule has 0 aliphatic rings. The summed E-state index contributed by atoms with van der Waals surface area (Å²) in [4.78, 5) is 12.6. The van der Waals surface area contributed by atoms with E-state index >= 15 is 0 Å². The van der Waals surface area contributed by atoms with Crippen LogP contribution in [0.2, 0.25) is 0 Å².